The van der Waals surface area contributed by atoms with Crippen molar-refractivity contribution in [3.63, 3.8) is 0 Å². The Morgan fingerprint density at radius 2 is 1.84 bits per heavy atom. The summed E-state index contributed by atoms with van der Waals surface area (Å²) >= 11 is 0. The highest BCUT2D eigenvalue weighted by Gasteiger charge is 2.18. The van der Waals surface area contributed by atoms with Crippen molar-refractivity contribution in [2.75, 3.05) is 51.9 Å². The van der Waals surface area contributed by atoms with Crippen molar-refractivity contribution in [2.24, 2.45) is 0 Å². The van der Waals surface area contributed by atoms with Gasteiger partial charge in [-0.1, -0.05) is 24.3 Å². The number of nitrogens with one attached hydrogen (secondary N) is 2. The largest absolute Gasteiger partial charge is 0.493 e. The molecule has 1 aliphatic rings. The van der Waals surface area contributed by atoms with Crippen LogP contribution in [-0.2, 0) is 16.0 Å². The van der Waals surface area contributed by atoms with Crippen LogP contribution in [0.5, 0.6) is 23.0 Å². The predicted molar refractivity (Wildman–Crippen MR) is 166 cm³/mol. The van der Waals surface area contributed by atoms with Crippen LogP contribution in [0.1, 0.15) is 11.1 Å². The molecule has 11 nitrogen and oxygen atoms in total. The molecule has 4 aromatic rings. The average Bonchev–Trinajstić information content (AvgIpc) is 3.02. The van der Waals surface area contributed by atoms with Gasteiger partial charge in [0.25, 0.3) is 0 Å². The molecule has 1 aromatic heterocycles. The van der Waals surface area contributed by atoms with Gasteiger partial charge in [-0.3, -0.25) is 20.0 Å². The Morgan fingerprint density at radius 1 is 1.04 bits per heavy atom. The summed E-state index contributed by atoms with van der Waals surface area (Å²) in [4.78, 5) is 31.2. The normalized spacial score (nSPS) is 14.0. The molecule has 1 fully saturated rings. The number of hydrogen-bond donors (Lipinski definition) is 3. The Morgan fingerprint density at radius 3 is 2.60 bits per heavy atom. The number of aliphatic hydroxyl groups is 1. The van der Waals surface area contributed by atoms with Crippen molar-refractivity contribution in [1.29, 1.82) is 0 Å². The zero-order valence-electron chi connectivity index (χ0n) is 25.0. The molecule has 3 N–H and O–H groups in total. The van der Waals surface area contributed by atoms with Crippen molar-refractivity contribution >= 4 is 28.5 Å². The lowest BCUT2D eigenvalue weighted by Gasteiger charge is -2.28. The van der Waals surface area contributed by atoms with E-state index in [1.807, 2.05) is 31.2 Å². The summed E-state index contributed by atoms with van der Waals surface area (Å²) in [6.45, 7) is 5.20. The number of carbonyl (C=O) groups is 2. The summed E-state index contributed by atoms with van der Waals surface area (Å²) in [7, 11) is 1.49. The van der Waals surface area contributed by atoms with Crippen LogP contribution in [-0.4, -0.2) is 79.6 Å². The molecule has 0 spiro atoms. The molecule has 1 saturated heterocycles. The minimum Gasteiger partial charge on any atom is -0.493 e. The lowest BCUT2D eigenvalue weighted by Crippen LogP contribution is -2.42. The van der Waals surface area contributed by atoms with Crippen molar-refractivity contribution in [1.82, 2.24) is 15.2 Å². The summed E-state index contributed by atoms with van der Waals surface area (Å²) in [5, 5.41) is 15.7. The molecule has 0 radical (unpaired) electrons. The SMILES string of the molecule is COc1cc2c(Oc3ccc(NC(=O)NC(=O)Cc4ccccc4C)cc3F)ccnc2cc1OCC(O)CN1CCOCC1. The van der Waals surface area contributed by atoms with E-state index in [0.717, 1.165) is 30.3 Å². The topological polar surface area (TPSA) is 131 Å². The Labute approximate surface area is 259 Å². The second-order valence-electron chi connectivity index (χ2n) is 10.6. The quantitative estimate of drug-likeness (QED) is 0.223. The van der Waals surface area contributed by atoms with E-state index in [-0.39, 0.29) is 24.5 Å². The number of rotatable bonds is 11. The fourth-order valence-corrected chi connectivity index (χ4v) is 4.90. The molecule has 236 valence electrons. The van der Waals surface area contributed by atoms with Crippen LogP contribution in [0.4, 0.5) is 14.9 Å². The first-order valence-electron chi connectivity index (χ1n) is 14.5. The third-order valence-electron chi connectivity index (χ3n) is 7.27. The number of carbonyl (C=O) groups excluding carboxylic acids is 2. The van der Waals surface area contributed by atoms with Crippen LogP contribution in [0.15, 0.2) is 66.9 Å². The number of imide groups is 1. The van der Waals surface area contributed by atoms with Crippen molar-refractivity contribution in [2.45, 2.75) is 19.4 Å². The van der Waals surface area contributed by atoms with Crippen molar-refractivity contribution < 1.29 is 38.0 Å². The van der Waals surface area contributed by atoms with E-state index in [4.69, 9.17) is 18.9 Å². The number of methoxy groups -OCH3 is 1. The Bertz CT molecular complexity index is 1660. The highest BCUT2D eigenvalue weighted by Crippen LogP contribution is 2.38. The lowest BCUT2D eigenvalue weighted by molar-refractivity contribution is -0.119. The minimum atomic E-state index is -0.777. The molecule has 3 aromatic carbocycles. The van der Waals surface area contributed by atoms with E-state index in [2.05, 4.69) is 20.5 Å². The molecule has 1 unspecified atom stereocenters. The molecular formula is C33H35FN4O7. The molecule has 12 heteroatoms. The van der Waals surface area contributed by atoms with E-state index < -0.39 is 23.9 Å². The molecule has 5 rings (SSSR count). The molecule has 1 atom stereocenters. The van der Waals surface area contributed by atoms with Gasteiger partial charge >= 0.3 is 6.03 Å². The monoisotopic (exact) mass is 618 g/mol. The first kappa shape index (κ1) is 31.6. The summed E-state index contributed by atoms with van der Waals surface area (Å²) in [6, 6.07) is 15.5. The van der Waals surface area contributed by atoms with E-state index in [1.54, 1.807) is 18.2 Å². The predicted octanol–water partition coefficient (Wildman–Crippen LogP) is 4.45. The highest BCUT2D eigenvalue weighted by molar-refractivity contribution is 6.01. The number of aromatic nitrogens is 1. The highest BCUT2D eigenvalue weighted by atomic mass is 19.1. The zero-order valence-corrected chi connectivity index (χ0v) is 25.0. The van der Waals surface area contributed by atoms with Crippen LogP contribution in [0, 0.1) is 12.7 Å². The molecule has 3 amide bonds. The fourth-order valence-electron chi connectivity index (χ4n) is 4.90. The van der Waals surface area contributed by atoms with Gasteiger partial charge in [-0.05, 0) is 42.3 Å². The third-order valence-corrected chi connectivity index (χ3v) is 7.27. The molecule has 0 aliphatic carbocycles. The van der Waals surface area contributed by atoms with Gasteiger partial charge in [0.1, 0.15) is 18.5 Å². The van der Waals surface area contributed by atoms with Gasteiger partial charge in [0, 0.05) is 49.0 Å². The van der Waals surface area contributed by atoms with Gasteiger partial charge in [0.2, 0.25) is 5.91 Å². The van der Waals surface area contributed by atoms with Gasteiger partial charge in [-0.2, -0.15) is 0 Å². The van der Waals surface area contributed by atoms with Crippen LogP contribution in [0.25, 0.3) is 10.9 Å². The number of amides is 3. The number of ether oxygens (including phenoxy) is 4. The van der Waals surface area contributed by atoms with Crippen molar-refractivity contribution in [3.8, 4) is 23.0 Å². The first-order valence-corrected chi connectivity index (χ1v) is 14.5. The number of aryl methyl sites for hydroxylation is 1. The maximum atomic E-state index is 15.1. The Kier molecular flexibility index (Phi) is 10.4. The lowest BCUT2D eigenvalue weighted by atomic mass is 10.1. The number of morpholine rings is 1. The molecule has 0 saturated carbocycles. The summed E-state index contributed by atoms with van der Waals surface area (Å²) < 4.78 is 37.7. The number of β-amino-alcohol motifs (C(OH)–C–C–N with tert-alkyl or cyclic N) is 1. The smallest absolute Gasteiger partial charge is 0.325 e. The standard InChI is InChI=1S/C33H35FN4O7/c1-21-5-3-4-6-22(21)15-32(40)37-33(41)36-23-7-8-29(26(34)16-23)45-28-9-10-35-27-18-31(30(42-2)17-25(27)28)44-20-24(39)19-38-11-13-43-14-12-38/h3-10,16-18,24,39H,11-15,19-20H2,1-2H3,(H2,36,37,40,41). The number of benzene rings is 3. The minimum absolute atomic E-state index is 0.0381. The molecule has 45 heavy (non-hydrogen) atoms. The second kappa shape index (κ2) is 14.8. The van der Waals surface area contributed by atoms with E-state index in [0.29, 0.717) is 47.9 Å². The summed E-state index contributed by atoms with van der Waals surface area (Å²) in [6.07, 6.45) is 0.848. The molecule has 1 aliphatic heterocycles. The number of aliphatic hydroxyl groups excluding tert-OH is 1. The summed E-state index contributed by atoms with van der Waals surface area (Å²) in [5.41, 5.74) is 2.39. The number of fused-ring (bicyclic) bond motifs is 1. The zero-order chi connectivity index (χ0) is 31.8. The van der Waals surface area contributed by atoms with Gasteiger partial charge in [-0.25, -0.2) is 9.18 Å². The first-order chi connectivity index (χ1) is 21.8. The van der Waals surface area contributed by atoms with Crippen LogP contribution in [0.3, 0.4) is 0 Å². The maximum Gasteiger partial charge on any atom is 0.325 e. The number of nitrogens with zero attached hydrogens (tertiary/aromatic N) is 2. The van der Waals surface area contributed by atoms with Gasteiger partial charge in [0.05, 0.1) is 32.3 Å². The van der Waals surface area contributed by atoms with Gasteiger partial charge in [0.15, 0.2) is 23.1 Å². The fraction of sp³-hybridized carbons (Fsp3) is 0.303. The number of pyridine rings is 1. The van der Waals surface area contributed by atoms with Crippen LogP contribution < -0.4 is 24.8 Å². The van der Waals surface area contributed by atoms with Gasteiger partial charge < -0.3 is 29.4 Å². The molecule has 2 heterocycles. The maximum absolute atomic E-state index is 15.1. The summed E-state index contributed by atoms with van der Waals surface area (Å²) in [5.74, 6) is -0.203. The Balaban J connectivity index is 1.22. The Hall–Kier alpha value is -4.78. The third kappa shape index (κ3) is 8.44. The second-order valence-corrected chi connectivity index (χ2v) is 10.6. The van der Waals surface area contributed by atoms with Crippen LogP contribution in [0.2, 0.25) is 0 Å². The number of urea groups is 1. The average molecular weight is 619 g/mol. The molecule has 0 bridgehead atoms. The van der Waals surface area contributed by atoms with Gasteiger partial charge in [-0.15, -0.1) is 0 Å². The van der Waals surface area contributed by atoms with Crippen LogP contribution >= 0.6 is 0 Å². The van der Waals surface area contributed by atoms with E-state index >= 15 is 4.39 Å². The van der Waals surface area contributed by atoms with E-state index in [9.17, 15) is 14.7 Å². The van der Waals surface area contributed by atoms with Crippen molar-refractivity contribution in [3.05, 3.63) is 83.8 Å². The number of anilines is 1. The van der Waals surface area contributed by atoms with E-state index in [1.165, 1.54) is 25.4 Å². The molecular weight excluding hydrogens is 583 g/mol. The number of halogens is 1. The number of hydrogen-bond acceptors (Lipinski definition) is 9.